The Morgan fingerprint density at radius 2 is 1.71 bits per heavy atom. The number of benzene rings is 2. The fraction of sp³-hybridized carbons (Fsp3) is 0.280. The van der Waals surface area contributed by atoms with Gasteiger partial charge in [0.2, 0.25) is 0 Å². The van der Waals surface area contributed by atoms with E-state index < -0.39 is 18.2 Å². The van der Waals surface area contributed by atoms with Crippen molar-refractivity contribution in [1.82, 2.24) is 20.2 Å². The van der Waals surface area contributed by atoms with Crippen LogP contribution in [-0.2, 0) is 16.6 Å². The molecule has 1 N–H and O–H groups in total. The summed E-state index contributed by atoms with van der Waals surface area (Å²) in [7, 11) is 4.97. The van der Waals surface area contributed by atoms with Crippen molar-refractivity contribution in [3.05, 3.63) is 77.6 Å². The van der Waals surface area contributed by atoms with Gasteiger partial charge in [-0.25, -0.2) is 4.68 Å². The van der Waals surface area contributed by atoms with Crippen LogP contribution in [0.25, 0.3) is 11.1 Å². The number of hydrogen-bond acceptors (Lipinski definition) is 8. The Balaban J connectivity index is 1.99. The summed E-state index contributed by atoms with van der Waals surface area (Å²) >= 11 is 0. The zero-order chi connectivity index (χ0) is 24.1. The second kappa shape index (κ2) is 10.3. The number of aliphatic hydroxyl groups is 1. The van der Waals surface area contributed by atoms with Crippen molar-refractivity contribution in [2.45, 2.75) is 25.0 Å². The number of carbonyl (C=O) groups is 1. The number of nitrogens with zero attached hydrogens (tertiary/aromatic N) is 4. The minimum Gasteiger partial charge on any atom is -0.496 e. The fourth-order valence-electron chi connectivity index (χ4n) is 4.00. The second-order valence-corrected chi connectivity index (χ2v) is 7.80. The maximum Gasteiger partial charge on any atom is 0.309 e. The van der Waals surface area contributed by atoms with Gasteiger partial charge in [0.1, 0.15) is 17.6 Å². The molecule has 4 rings (SSSR count). The minimum atomic E-state index is -0.747. The maximum atomic E-state index is 11.9. The third-order valence-corrected chi connectivity index (χ3v) is 5.55. The third-order valence-electron chi connectivity index (χ3n) is 5.55. The molecule has 176 valence electrons. The highest BCUT2D eigenvalue weighted by atomic mass is 16.5. The molecule has 1 aliphatic heterocycles. The van der Waals surface area contributed by atoms with Crippen molar-refractivity contribution in [3.8, 4) is 11.5 Å². The number of tetrazole rings is 1. The average molecular weight is 463 g/mol. The lowest BCUT2D eigenvalue weighted by Crippen LogP contribution is -2.31. The summed E-state index contributed by atoms with van der Waals surface area (Å²) in [5.74, 6) is 1.37. The highest BCUT2D eigenvalue weighted by molar-refractivity contribution is 6.03. The number of cyclic esters (lactones) is 1. The Hall–Kier alpha value is -3.98. The molecule has 2 heterocycles. The van der Waals surface area contributed by atoms with Crippen LogP contribution in [0, 0.1) is 0 Å². The lowest BCUT2D eigenvalue weighted by molar-refractivity contribution is -0.156. The van der Waals surface area contributed by atoms with Gasteiger partial charge in [0.25, 0.3) is 0 Å². The van der Waals surface area contributed by atoms with Gasteiger partial charge in [-0.15, -0.1) is 5.10 Å². The highest BCUT2D eigenvalue weighted by Gasteiger charge is 2.26. The molecule has 9 nitrogen and oxygen atoms in total. The Labute approximate surface area is 197 Å². The molecular weight excluding hydrogens is 436 g/mol. The summed E-state index contributed by atoms with van der Waals surface area (Å²) in [6.45, 7) is 0. The van der Waals surface area contributed by atoms with Gasteiger partial charge in [-0.05, 0) is 28.6 Å². The van der Waals surface area contributed by atoms with Crippen LogP contribution in [0.15, 0.2) is 60.7 Å². The van der Waals surface area contributed by atoms with Crippen molar-refractivity contribution in [3.63, 3.8) is 0 Å². The standard InChI is InChI=1S/C25H26N4O5/c1-29-25(26-27-28-29)20(13-12-17-14-16(30)15-23(31)34-17)24(18-8-4-6-10-21(18)32-2)19-9-5-7-11-22(19)33-3/h4-13,16-17,30H,14-15H2,1-3H3/t16-,17-/m1/s1. The molecule has 1 saturated heterocycles. The van der Waals surface area contributed by atoms with Gasteiger partial charge in [-0.1, -0.05) is 42.5 Å². The first-order chi connectivity index (χ1) is 16.5. The highest BCUT2D eigenvalue weighted by Crippen LogP contribution is 2.40. The molecule has 1 fully saturated rings. The van der Waals surface area contributed by atoms with Crippen LogP contribution in [0.5, 0.6) is 11.5 Å². The zero-order valence-corrected chi connectivity index (χ0v) is 19.2. The molecule has 1 aliphatic rings. The molecule has 2 aromatic carbocycles. The maximum absolute atomic E-state index is 11.9. The molecule has 0 bridgehead atoms. The minimum absolute atomic E-state index is 0.00603. The van der Waals surface area contributed by atoms with Crippen LogP contribution in [0.1, 0.15) is 29.8 Å². The quantitative estimate of drug-likeness (QED) is 0.422. The summed E-state index contributed by atoms with van der Waals surface area (Å²) in [4.78, 5) is 11.9. The van der Waals surface area contributed by atoms with E-state index in [1.54, 1.807) is 32.0 Å². The molecule has 0 saturated carbocycles. The number of methoxy groups -OCH3 is 2. The largest absolute Gasteiger partial charge is 0.496 e. The molecule has 0 aliphatic carbocycles. The van der Waals surface area contributed by atoms with Crippen molar-refractivity contribution >= 4 is 17.1 Å². The van der Waals surface area contributed by atoms with Crippen molar-refractivity contribution in [2.24, 2.45) is 7.05 Å². The molecule has 9 heteroatoms. The lowest BCUT2D eigenvalue weighted by Gasteiger charge is -2.24. The third kappa shape index (κ3) is 4.84. The number of para-hydroxylation sites is 2. The van der Waals surface area contributed by atoms with E-state index in [9.17, 15) is 9.90 Å². The second-order valence-electron chi connectivity index (χ2n) is 7.80. The summed E-state index contributed by atoms with van der Waals surface area (Å²) in [6, 6.07) is 15.3. The van der Waals surface area contributed by atoms with Gasteiger partial charge in [0.05, 0.1) is 26.7 Å². The van der Waals surface area contributed by atoms with Gasteiger partial charge < -0.3 is 19.3 Å². The number of aryl methyl sites for hydroxylation is 1. The molecule has 1 aromatic heterocycles. The van der Waals surface area contributed by atoms with E-state index in [2.05, 4.69) is 15.5 Å². The molecule has 0 radical (unpaired) electrons. The van der Waals surface area contributed by atoms with E-state index in [1.165, 1.54) is 0 Å². The molecule has 2 atom stereocenters. The molecular formula is C25H26N4O5. The SMILES string of the molecule is COc1ccccc1C(=C(C=C[C@@H]1C[C@@H](O)CC(=O)O1)c1nnnn1C)c1ccccc1OC. The topological polar surface area (TPSA) is 109 Å². The normalized spacial score (nSPS) is 17.9. The van der Waals surface area contributed by atoms with Crippen LogP contribution in [0.3, 0.4) is 0 Å². The molecule has 0 spiro atoms. The number of carbonyl (C=O) groups excluding carboxylic acids is 1. The first-order valence-corrected chi connectivity index (χ1v) is 10.8. The summed E-state index contributed by atoms with van der Waals surface area (Å²) < 4.78 is 18.3. The number of rotatable bonds is 7. The Morgan fingerprint density at radius 1 is 1.09 bits per heavy atom. The van der Waals surface area contributed by atoms with Crippen LogP contribution in [-0.4, -0.2) is 57.7 Å². The molecule has 3 aromatic rings. The van der Waals surface area contributed by atoms with E-state index in [-0.39, 0.29) is 6.42 Å². The Kier molecular flexibility index (Phi) is 7.03. The summed E-state index contributed by atoms with van der Waals surface area (Å²) in [5.41, 5.74) is 3.04. The van der Waals surface area contributed by atoms with E-state index in [4.69, 9.17) is 14.2 Å². The van der Waals surface area contributed by atoms with Crippen molar-refractivity contribution < 1.29 is 24.1 Å². The van der Waals surface area contributed by atoms with Crippen LogP contribution in [0.2, 0.25) is 0 Å². The Morgan fingerprint density at radius 3 is 2.24 bits per heavy atom. The Bertz CT molecular complexity index is 1180. The monoisotopic (exact) mass is 462 g/mol. The van der Waals surface area contributed by atoms with Crippen molar-refractivity contribution in [2.75, 3.05) is 14.2 Å². The number of aromatic nitrogens is 4. The van der Waals surface area contributed by atoms with Gasteiger partial charge in [0, 0.05) is 35.7 Å². The van der Waals surface area contributed by atoms with E-state index >= 15 is 0 Å². The molecule has 0 amide bonds. The van der Waals surface area contributed by atoms with Crippen LogP contribution in [0.4, 0.5) is 0 Å². The average Bonchev–Trinajstić information content (AvgIpc) is 3.26. The van der Waals surface area contributed by atoms with Gasteiger partial charge in [-0.3, -0.25) is 4.79 Å². The molecule has 0 unspecified atom stereocenters. The first-order valence-electron chi connectivity index (χ1n) is 10.8. The van der Waals surface area contributed by atoms with E-state index in [1.807, 2.05) is 54.6 Å². The number of aliphatic hydroxyl groups excluding tert-OH is 1. The number of esters is 1. The van der Waals surface area contributed by atoms with E-state index in [0.717, 1.165) is 16.7 Å². The summed E-state index contributed by atoms with van der Waals surface area (Å²) in [6.07, 6.45) is 2.54. The lowest BCUT2D eigenvalue weighted by atomic mass is 9.90. The van der Waals surface area contributed by atoms with Gasteiger partial charge >= 0.3 is 5.97 Å². The predicted molar refractivity (Wildman–Crippen MR) is 125 cm³/mol. The van der Waals surface area contributed by atoms with Crippen LogP contribution >= 0.6 is 0 Å². The summed E-state index contributed by atoms with van der Waals surface area (Å²) in [5, 5.41) is 22.1. The number of ether oxygens (including phenoxy) is 3. The fourth-order valence-corrected chi connectivity index (χ4v) is 4.00. The number of hydrogen-bond donors (Lipinski definition) is 1. The number of allylic oxidation sites excluding steroid dienone is 2. The van der Waals surface area contributed by atoms with Crippen LogP contribution < -0.4 is 9.47 Å². The van der Waals surface area contributed by atoms with Gasteiger partial charge in [-0.2, -0.15) is 0 Å². The molecule has 34 heavy (non-hydrogen) atoms. The van der Waals surface area contributed by atoms with Gasteiger partial charge in [0.15, 0.2) is 5.82 Å². The van der Waals surface area contributed by atoms with Crippen molar-refractivity contribution in [1.29, 1.82) is 0 Å². The smallest absolute Gasteiger partial charge is 0.309 e. The van der Waals surface area contributed by atoms with E-state index in [0.29, 0.717) is 29.3 Å². The predicted octanol–water partition coefficient (Wildman–Crippen LogP) is 2.81. The zero-order valence-electron chi connectivity index (χ0n) is 19.2. The first kappa shape index (κ1) is 23.2.